The van der Waals surface area contributed by atoms with Crippen LogP contribution in [0.5, 0.6) is 5.75 Å². The van der Waals surface area contributed by atoms with E-state index in [1.54, 1.807) is 0 Å². The molecule has 0 spiro atoms. The lowest BCUT2D eigenvalue weighted by Crippen LogP contribution is -2.11. The summed E-state index contributed by atoms with van der Waals surface area (Å²) in [6.07, 6.45) is 1.26. The Labute approximate surface area is 74.3 Å². The van der Waals surface area contributed by atoms with Crippen LogP contribution >= 0.6 is 0 Å². The predicted molar refractivity (Wildman–Crippen MR) is 45.0 cm³/mol. The fraction of sp³-hybridized carbons (Fsp3) is 0.250. The van der Waals surface area contributed by atoms with Crippen molar-refractivity contribution in [2.75, 3.05) is 14.2 Å². The molecule has 1 rings (SSSR count). The Bertz CT molecular complexity index is 369. The second kappa shape index (κ2) is 3.75. The van der Waals surface area contributed by atoms with E-state index < -0.39 is 5.97 Å². The summed E-state index contributed by atoms with van der Waals surface area (Å²) in [5, 5.41) is 0. The fourth-order valence-corrected chi connectivity index (χ4v) is 0.891. The summed E-state index contributed by atoms with van der Waals surface area (Å²) in [6.45, 7) is 0. The monoisotopic (exact) mass is 183 g/mol. The zero-order valence-corrected chi connectivity index (χ0v) is 7.29. The molecule has 5 heteroatoms. The number of esters is 1. The highest BCUT2D eigenvalue weighted by atomic mass is 16.5. The first kappa shape index (κ1) is 9.31. The Balaban J connectivity index is 3.21. The van der Waals surface area contributed by atoms with E-state index in [0.717, 1.165) is 0 Å². The van der Waals surface area contributed by atoms with E-state index in [-0.39, 0.29) is 16.9 Å². The average Bonchev–Trinajstić information content (AvgIpc) is 2.16. The van der Waals surface area contributed by atoms with Gasteiger partial charge in [-0.2, -0.15) is 0 Å². The average molecular weight is 183 g/mol. The van der Waals surface area contributed by atoms with Crippen molar-refractivity contribution in [3.63, 3.8) is 0 Å². The minimum Gasteiger partial charge on any atom is -0.496 e. The number of rotatable bonds is 2. The molecule has 0 atom stereocenters. The molecular weight excluding hydrogens is 174 g/mol. The Morgan fingerprint density at radius 3 is 2.69 bits per heavy atom. The molecule has 0 unspecified atom stereocenters. The molecule has 1 N–H and O–H groups in total. The van der Waals surface area contributed by atoms with Crippen molar-refractivity contribution in [2.24, 2.45) is 0 Å². The summed E-state index contributed by atoms with van der Waals surface area (Å²) < 4.78 is 9.31. The van der Waals surface area contributed by atoms with Gasteiger partial charge in [0.15, 0.2) is 0 Å². The zero-order valence-electron chi connectivity index (χ0n) is 7.29. The highest BCUT2D eigenvalue weighted by molar-refractivity contribution is 5.91. The van der Waals surface area contributed by atoms with Gasteiger partial charge in [0.2, 0.25) is 0 Å². The summed E-state index contributed by atoms with van der Waals surface area (Å²) >= 11 is 0. The van der Waals surface area contributed by atoms with Gasteiger partial charge in [0.05, 0.1) is 14.2 Å². The number of methoxy groups -OCH3 is 2. The second-order valence-electron chi connectivity index (χ2n) is 2.27. The highest BCUT2D eigenvalue weighted by Gasteiger charge is 2.12. The van der Waals surface area contributed by atoms with Gasteiger partial charge in [-0.3, -0.25) is 4.79 Å². The number of ether oxygens (including phenoxy) is 2. The van der Waals surface area contributed by atoms with E-state index in [1.165, 1.54) is 26.5 Å². The number of hydrogen-bond donors (Lipinski definition) is 1. The van der Waals surface area contributed by atoms with Crippen molar-refractivity contribution < 1.29 is 14.3 Å². The smallest absolute Gasteiger partial charge is 0.343 e. The highest BCUT2D eigenvalue weighted by Crippen LogP contribution is 2.14. The number of carbonyl (C=O) groups excluding carboxylic acids is 1. The summed E-state index contributed by atoms with van der Waals surface area (Å²) in [6, 6.07) is 1.19. The third-order valence-corrected chi connectivity index (χ3v) is 1.51. The predicted octanol–water partition coefficient (Wildman–Crippen LogP) is 0.170. The molecule has 0 amide bonds. The molecule has 0 saturated heterocycles. The van der Waals surface area contributed by atoms with Crippen LogP contribution in [0.2, 0.25) is 0 Å². The molecule has 13 heavy (non-hydrogen) atoms. The van der Waals surface area contributed by atoms with Crippen molar-refractivity contribution in [1.82, 2.24) is 4.98 Å². The van der Waals surface area contributed by atoms with E-state index in [4.69, 9.17) is 4.74 Å². The summed E-state index contributed by atoms with van der Waals surface area (Å²) in [5.74, 6) is -0.344. The molecule has 0 bridgehead atoms. The van der Waals surface area contributed by atoms with Crippen LogP contribution in [0.1, 0.15) is 10.4 Å². The van der Waals surface area contributed by atoms with E-state index in [9.17, 15) is 9.59 Å². The van der Waals surface area contributed by atoms with Crippen molar-refractivity contribution in [2.45, 2.75) is 0 Å². The topological polar surface area (TPSA) is 68.4 Å². The Morgan fingerprint density at radius 1 is 1.46 bits per heavy atom. The third-order valence-electron chi connectivity index (χ3n) is 1.51. The molecule has 0 aliphatic heterocycles. The zero-order chi connectivity index (χ0) is 9.84. The minimum absolute atomic E-state index is 0.199. The van der Waals surface area contributed by atoms with Gasteiger partial charge >= 0.3 is 5.97 Å². The molecule has 0 aliphatic rings. The molecule has 1 aromatic heterocycles. The van der Waals surface area contributed by atoms with Gasteiger partial charge in [-0.05, 0) is 0 Å². The number of aromatic nitrogens is 1. The van der Waals surface area contributed by atoms with Gasteiger partial charge in [-0.15, -0.1) is 0 Å². The quantitative estimate of drug-likeness (QED) is 0.663. The molecule has 0 fully saturated rings. The van der Waals surface area contributed by atoms with Crippen LogP contribution in [-0.4, -0.2) is 25.2 Å². The van der Waals surface area contributed by atoms with Crippen molar-refractivity contribution >= 4 is 5.97 Å². The third kappa shape index (κ3) is 1.87. The number of hydrogen-bond acceptors (Lipinski definition) is 4. The van der Waals surface area contributed by atoms with Gasteiger partial charge in [0.1, 0.15) is 11.3 Å². The number of carbonyl (C=O) groups is 1. The van der Waals surface area contributed by atoms with Crippen LogP contribution in [0.4, 0.5) is 0 Å². The first-order valence-electron chi connectivity index (χ1n) is 3.54. The molecule has 0 radical (unpaired) electrons. The van der Waals surface area contributed by atoms with Crippen LogP contribution < -0.4 is 10.3 Å². The Morgan fingerprint density at radius 2 is 2.15 bits per heavy atom. The van der Waals surface area contributed by atoms with E-state index in [1.807, 2.05) is 0 Å². The number of H-pyrrole nitrogens is 1. The van der Waals surface area contributed by atoms with E-state index >= 15 is 0 Å². The van der Waals surface area contributed by atoms with Gasteiger partial charge in [-0.25, -0.2) is 4.79 Å². The number of nitrogens with one attached hydrogen (secondary N) is 1. The SMILES string of the molecule is COC(=O)c1c[nH]c(=O)cc1OC. The van der Waals surface area contributed by atoms with Crippen LogP contribution in [0.15, 0.2) is 17.1 Å². The van der Waals surface area contributed by atoms with Gasteiger partial charge in [0, 0.05) is 12.3 Å². The van der Waals surface area contributed by atoms with Crippen molar-refractivity contribution in [3.05, 3.63) is 28.2 Å². The second-order valence-corrected chi connectivity index (χ2v) is 2.27. The molecule has 70 valence electrons. The van der Waals surface area contributed by atoms with E-state index in [0.29, 0.717) is 0 Å². The molecule has 1 aromatic rings. The standard InChI is InChI=1S/C8H9NO4/c1-12-6-3-7(10)9-4-5(6)8(11)13-2/h3-4H,1-2H3,(H,9,10). The lowest BCUT2D eigenvalue weighted by Gasteiger charge is -2.04. The summed E-state index contributed by atoms with van der Waals surface area (Å²) in [5.41, 5.74) is -0.130. The van der Waals surface area contributed by atoms with Crippen LogP contribution in [-0.2, 0) is 4.74 Å². The normalized spacial score (nSPS) is 9.38. The molecule has 0 aliphatic carbocycles. The molecule has 5 nitrogen and oxygen atoms in total. The largest absolute Gasteiger partial charge is 0.496 e. The first-order chi connectivity index (χ1) is 6.19. The maximum Gasteiger partial charge on any atom is 0.343 e. The van der Waals surface area contributed by atoms with Crippen LogP contribution in [0.25, 0.3) is 0 Å². The fourth-order valence-electron chi connectivity index (χ4n) is 0.891. The molecule has 0 saturated carbocycles. The van der Waals surface area contributed by atoms with Gasteiger partial charge in [-0.1, -0.05) is 0 Å². The van der Waals surface area contributed by atoms with Crippen LogP contribution in [0.3, 0.4) is 0 Å². The van der Waals surface area contributed by atoms with Crippen molar-refractivity contribution in [3.8, 4) is 5.75 Å². The summed E-state index contributed by atoms with van der Waals surface area (Å²) in [4.78, 5) is 24.3. The number of pyridine rings is 1. The van der Waals surface area contributed by atoms with Gasteiger partial charge < -0.3 is 14.5 Å². The lowest BCUT2D eigenvalue weighted by molar-refractivity contribution is 0.0596. The Hall–Kier alpha value is -1.78. The van der Waals surface area contributed by atoms with Crippen molar-refractivity contribution in [1.29, 1.82) is 0 Å². The molecular formula is C8H9NO4. The lowest BCUT2D eigenvalue weighted by atomic mass is 10.2. The first-order valence-corrected chi connectivity index (χ1v) is 3.54. The van der Waals surface area contributed by atoms with Crippen LogP contribution in [0, 0.1) is 0 Å². The van der Waals surface area contributed by atoms with E-state index in [2.05, 4.69) is 9.72 Å². The maximum absolute atomic E-state index is 11.1. The molecule has 1 heterocycles. The van der Waals surface area contributed by atoms with Gasteiger partial charge in [0.25, 0.3) is 5.56 Å². The summed E-state index contributed by atoms with van der Waals surface area (Å²) in [7, 11) is 2.63. The minimum atomic E-state index is -0.548. The number of aromatic amines is 1. The molecule has 0 aromatic carbocycles. The Kier molecular flexibility index (Phi) is 2.69. The maximum atomic E-state index is 11.1.